The van der Waals surface area contributed by atoms with Crippen molar-refractivity contribution < 1.29 is 25.2 Å². The SMILES string of the molecule is CC(C)(C)c1cc(Oc2[c-]c(-c3ccccn3)ccc2)[c-]c(-c2cc(C(C)(C)C)ccn2)c1.[Pd+2]. The number of hydrogen-bond acceptors (Lipinski definition) is 3. The summed E-state index contributed by atoms with van der Waals surface area (Å²) >= 11 is 0. The van der Waals surface area contributed by atoms with Crippen LogP contribution in [0.1, 0.15) is 52.7 Å². The maximum absolute atomic E-state index is 6.27. The molecular weight excluding hydrogens is 511 g/mol. The second-order valence-electron chi connectivity index (χ2n) is 10.3. The van der Waals surface area contributed by atoms with Crippen LogP contribution in [0.5, 0.6) is 11.5 Å². The Balaban J connectivity index is 0.00000324. The molecular formula is C30H30N2OPd. The van der Waals surface area contributed by atoms with Crippen molar-refractivity contribution >= 4 is 0 Å². The average molecular weight is 541 g/mol. The Morgan fingerprint density at radius 1 is 0.618 bits per heavy atom. The van der Waals surface area contributed by atoms with Crippen LogP contribution in [0.4, 0.5) is 0 Å². The number of hydrogen-bond donors (Lipinski definition) is 0. The molecule has 4 heteroatoms. The fourth-order valence-electron chi connectivity index (χ4n) is 3.51. The summed E-state index contributed by atoms with van der Waals surface area (Å²) in [5, 5.41) is 0. The second-order valence-corrected chi connectivity index (χ2v) is 10.3. The zero-order chi connectivity index (χ0) is 23.6. The molecule has 0 amide bonds. The number of pyridine rings is 2. The van der Waals surface area contributed by atoms with Crippen molar-refractivity contribution in [2.45, 2.75) is 52.4 Å². The molecule has 3 nitrogen and oxygen atoms in total. The van der Waals surface area contributed by atoms with Gasteiger partial charge in [0.05, 0.1) is 0 Å². The minimum atomic E-state index is -0.0525. The molecule has 0 aliphatic heterocycles. The van der Waals surface area contributed by atoms with Gasteiger partial charge in [0.25, 0.3) is 0 Å². The first kappa shape index (κ1) is 25.8. The van der Waals surface area contributed by atoms with Crippen LogP contribution in [0, 0.1) is 12.1 Å². The standard InChI is InChI=1S/C30H30N2O.Pd/c1-29(2,3)23-13-15-32-28(20-23)22-16-24(30(4,5)6)19-26(18-22)33-25-11-9-10-21(17-25)27-12-7-8-14-31-27;/h7-16,19-20H,1-6H3;/q-2;+2. The quantitative estimate of drug-likeness (QED) is 0.196. The Labute approximate surface area is 217 Å². The fourth-order valence-corrected chi connectivity index (χ4v) is 3.51. The molecule has 0 saturated carbocycles. The zero-order valence-corrected chi connectivity index (χ0v) is 22.1. The molecule has 4 rings (SSSR count). The molecule has 0 atom stereocenters. The van der Waals surface area contributed by atoms with E-state index in [-0.39, 0.29) is 31.3 Å². The van der Waals surface area contributed by atoms with Gasteiger partial charge in [-0.15, -0.1) is 41.0 Å². The number of rotatable bonds is 4. The third-order valence-electron chi connectivity index (χ3n) is 5.54. The van der Waals surface area contributed by atoms with E-state index in [1.807, 2.05) is 42.6 Å². The van der Waals surface area contributed by atoms with Crippen LogP contribution in [0.15, 0.2) is 73.1 Å². The molecule has 0 aliphatic carbocycles. The van der Waals surface area contributed by atoms with Gasteiger partial charge in [0, 0.05) is 23.9 Å². The number of ether oxygens (including phenoxy) is 1. The second kappa shape index (κ2) is 10.2. The van der Waals surface area contributed by atoms with E-state index in [9.17, 15) is 0 Å². The smallest absolute Gasteiger partial charge is 0.497 e. The number of nitrogens with zero attached hydrogens (tertiary/aromatic N) is 2. The van der Waals surface area contributed by atoms with Gasteiger partial charge in [-0.1, -0.05) is 77.9 Å². The van der Waals surface area contributed by atoms with Gasteiger partial charge in [-0.25, -0.2) is 0 Å². The first-order valence-corrected chi connectivity index (χ1v) is 11.3. The normalized spacial score (nSPS) is 11.6. The Bertz CT molecular complexity index is 1250. The van der Waals surface area contributed by atoms with Crippen molar-refractivity contribution in [3.8, 4) is 34.0 Å². The van der Waals surface area contributed by atoms with E-state index in [0.717, 1.165) is 28.1 Å². The summed E-state index contributed by atoms with van der Waals surface area (Å²) in [6.07, 6.45) is 3.65. The van der Waals surface area contributed by atoms with Gasteiger partial charge >= 0.3 is 20.4 Å². The van der Waals surface area contributed by atoms with Crippen LogP contribution in [0.25, 0.3) is 22.5 Å². The molecule has 0 fully saturated rings. The maximum Gasteiger partial charge on any atom is 2.00 e. The molecule has 176 valence electrons. The summed E-state index contributed by atoms with van der Waals surface area (Å²) in [6, 6.07) is 26.9. The molecule has 0 spiro atoms. The van der Waals surface area contributed by atoms with Gasteiger partial charge < -0.3 is 14.7 Å². The number of benzene rings is 2. The van der Waals surface area contributed by atoms with Crippen LogP contribution in [-0.4, -0.2) is 9.97 Å². The summed E-state index contributed by atoms with van der Waals surface area (Å²) in [4.78, 5) is 9.07. The molecule has 0 unspecified atom stereocenters. The monoisotopic (exact) mass is 540 g/mol. The maximum atomic E-state index is 6.27. The Hall–Kier alpha value is -2.80. The van der Waals surface area contributed by atoms with Gasteiger partial charge in [-0.05, 0) is 39.9 Å². The summed E-state index contributed by atoms with van der Waals surface area (Å²) in [6.45, 7) is 13.2. The third-order valence-corrected chi connectivity index (χ3v) is 5.54. The minimum Gasteiger partial charge on any atom is -0.497 e. The molecule has 2 aromatic heterocycles. The van der Waals surface area contributed by atoms with Gasteiger partial charge in [-0.2, -0.15) is 0 Å². The predicted octanol–water partition coefficient (Wildman–Crippen LogP) is 7.80. The van der Waals surface area contributed by atoms with Crippen LogP contribution >= 0.6 is 0 Å². The Morgan fingerprint density at radius 2 is 1.32 bits per heavy atom. The van der Waals surface area contributed by atoms with E-state index in [0.29, 0.717) is 11.5 Å². The molecule has 0 saturated heterocycles. The molecule has 0 bridgehead atoms. The molecule has 34 heavy (non-hydrogen) atoms. The van der Waals surface area contributed by atoms with E-state index in [1.165, 1.54) is 5.56 Å². The van der Waals surface area contributed by atoms with E-state index in [4.69, 9.17) is 4.74 Å². The van der Waals surface area contributed by atoms with Crippen molar-refractivity contribution in [2.24, 2.45) is 0 Å². The minimum absolute atomic E-state index is 0. The molecule has 0 N–H and O–H groups in total. The van der Waals surface area contributed by atoms with Gasteiger partial charge in [0.15, 0.2) is 0 Å². The molecule has 0 aliphatic rings. The largest absolute Gasteiger partial charge is 2.00 e. The van der Waals surface area contributed by atoms with E-state index < -0.39 is 0 Å². The van der Waals surface area contributed by atoms with Gasteiger partial charge in [-0.3, -0.25) is 0 Å². The summed E-state index contributed by atoms with van der Waals surface area (Å²) < 4.78 is 6.27. The van der Waals surface area contributed by atoms with E-state index in [1.54, 1.807) is 6.20 Å². The Kier molecular flexibility index (Phi) is 7.76. The Morgan fingerprint density at radius 3 is 2.00 bits per heavy atom. The average Bonchev–Trinajstić information content (AvgIpc) is 2.79. The van der Waals surface area contributed by atoms with E-state index >= 15 is 0 Å². The van der Waals surface area contributed by atoms with Gasteiger partial charge in [0.1, 0.15) is 0 Å². The molecule has 2 heterocycles. The molecule has 0 radical (unpaired) electrons. The van der Waals surface area contributed by atoms with Crippen molar-refractivity contribution in [1.82, 2.24) is 9.97 Å². The topological polar surface area (TPSA) is 35.0 Å². The first-order chi connectivity index (χ1) is 15.6. The van der Waals surface area contributed by atoms with Crippen molar-refractivity contribution in [3.63, 3.8) is 0 Å². The predicted molar refractivity (Wildman–Crippen MR) is 134 cm³/mol. The summed E-state index contributed by atoms with van der Waals surface area (Å²) in [7, 11) is 0. The van der Waals surface area contributed by atoms with Crippen molar-refractivity contribution in [1.29, 1.82) is 0 Å². The number of aromatic nitrogens is 2. The van der Waals surface area contributed by atoms with Crippen LogP contribution in [-0.2, 0) is 31.3 Å². The van der Waals surface area contributed by atoms with Crippen molar-refractivity contribution in [2.75, 3.05) is 0 Å². The van der Waals surface area contributed by atoms with Crippen molar-refractivity contribution in [3.05, 3.63) is 96.3 Å². The zero-order valence-electron chi connectivity index (χ0n) is 20.5. The van der Waals surface area contributed by atoms with Crippen LogP contribution < -0.4 is 4.74 Å². The molecule has 2 aromatic carbocycles. The first-order valence-electron chi connectivity index (χ1n) is 11.3. The third kappa shape index (κ3) is 6.20. The fraction of sp³-hybridized carbons (Fsp3) is 0.267. The van der Waals surface area contributed by atoms with Crippen LogP contribution in [0.2, 0.25) is 0 Å². The summed E-state index contributed by atoms with van der Waals surface area (Å²) in [5.41, 5.74) is 5.95. The van der Waals surface area contributed by atoms with E-state index in [2.05, 4.69) is 87.9 Å². The molecule has 4 aromatic rings. The van der Waals surface area contributed by atoms with Crippen LogP contribution in [0.3, 0.4) is 0 Å². The van der Waals surface area contributed by atoms with Gasteiger partial charge in [0.2, 0.25) is 0 Å². The summed E-state index contributed by atoms with van der Waals surface area (Å²) in [5.74, 6) is 1.28.